The first-order chi connectivity index (χ1) is 9.00. The molecule has 1 aromatic rings. The fourth-order valence-electron chi connectivity index (χ4n) is 2.53. The molecule has 19 heavy (non-hydrogen) atoms. The average molecular weight is 302 g/mol. The van der Waals surface area contributed by atoms with Gasteiger partial charge in [0, 0.05) is 12.6 Å². The summed E-state index contributed by atoms with van der Waals surface area (Å²) < 4.78 is 0. The van der Waals surface area contributed by atoms with Gasteiger partial charge in [0.05, 0.1) is 22.2 Å². The van der Waals surface area contributed by atoms with Crippen molar-refractivity contribution in [2.24, 2.45) is 0 Å². The van der Waals surface area contributed by atoms with E-state index in [-0.39, 0.29) is 11.9 Å². The third kappa shape index (κ3) is 3.22. The van der Waals surface area contributed by atoms with Crippen molar-refractivity contribution in [2.45, 2.75) is 37.8 Å². The van der Waals surface area contributed by atoms with Gasteiger partial charge in [0.25, 0.3) is 5.91 Å². The predicted octanol–water partition coefficient (Wildman–Crippen LogP) is 3.37. The summed E-state index contributed by atoms with van der Waals surface area (Å²) >= 11 is 11.8. The summed E-state index contributed by atoms with van der Waals surface area (Å²) in [5, 5.41) is 10.8. The number of nitrogens with zero attached hydrogens (tertiary/aromatic N) is 1. The number of amides is 1. The Morgan fingerprint density at radius 1 is 1.26 bits per heavy atom. The van der Waals surface area contributed by atoms with E-state index in [1.165, 1.54) is 0 Å². The SMILES string of the molecule is CN(C(=O)c1ccc(Cl)c(Cl)c1)C1CCCCC1O. The molecular weight excluding hydrogens is 285 g/mol. The molecule has 1 amide bonds. The lowest BCUT2D eigenvalue weighted by Gasteiger charge is -2.35. The molecule has 3 nitrogen and oxygen atoms in total. The van der Waals surface area contributed by atoms with Gasteiger partial charge in [-0.25, -0.2) is 0 Å². The Bertz CT molecular complexity index is 479. The Hall–Kier alpha value is -0.770. The topological polar surface area (TPSA) is 40.5 Å². The second-order valence-electron chi connectivity index (χ2n) is 4.96. The lowest BCUT2D eigenvalue weighted by molar-refractivity contribution is 0.0268. The number of hydrogen-bond donors (Lipinski definition) is 1. The standard InChI is InChI=1S/C14H17Cl2NO2/c1-17(12-4-2-3-5-13(12)18)14(19)9-6-7-10(15)11(16)8-9/h6-8,12-13,18H,2-5H2,1H3. The van der Waals surface area contributed by atoms with Gasteiger partial charge in [0.1, 0.15) is 0 Å². The zero-order valence-electron chi connectivity index (χ0n) is 10.8. The van der Waals surface area contributed by atoms with Gasteiger partial charge in [-0.3, -0.25) is 4.79 Å². The number of carbonyl (C=O) groups excluding carboxylic acids is 1. The van der Waals surface area contributed by atoms with Crippen LogP contribution in [-0.4, -0.2) is 35.1 Å². The van der Waals surface area contributed by atoms with Crippen LogP contribution < -0.4 is 0 Å². The lowest BCUT2D eigenvalue weighted by Crippen LogP contribution is -2.46. The summed E-state index contributed by atoms with van der Waals surface area (Å²) in [6.45, 7) is 0. The second kappa shape index (κ2) is 6.12. The van der Waals surface area contributed by atoms with E-state index < -0.39 is 6.10 Å². The van der Waals surface area contributed by atoms with Crippen LogP contribution in [0, 0.1) is 0 Å². The minimum Gasteiger partial charge on any atom is -0.391 e. The molecule has 0 spiro atoms. The van der Waals surface area contributed by atoms with Crippen LogP contribution in [0.2, 0.25) is 10.0 Å². The van der Waals surface area contributed by atoms with E-state index in [9.17, 15) is 9.90 Å². The Morgan fingerprint density at radius 3 is 2.58 bits per heavy atom. The first-order valence-electron chi connectivity index (χ1n) is 6.41. The number of halogens is 2. The van der Waals surface area contributed by atoms with E-state index in [0.29, 0.717) is 15.6 Å². The van der Waals surface area contributed by atoms with Crippen molar-refractivity contribution in [3.63, 3.8) is 0 Å². The molecule has 1 aliphatic rings. The van der Waals surface area contributed by atoms with Crippen LogP contribution in [-0.2, 0) is 0 Å². The number of aliphatic hydroxyl groups is 1. The van der Waals surface area contributed by atoms with Gasteiger partial charge in [-0.1, -0.05) is 36.0 Å². The number of likely N-dealkylation sites (N-methyl/N-ethyl adjacent to an activating group) is 1. The Labute approximate surface area is 123 Å². The normalized spacial score (nSPS) is 23.2. The maximum atomic E-state index is 12.4. The van der Waals surface area contributed by atoms with Crippen LogP contribution in [0.4, 0.5) is 0 Å². The molecule has 0 radical (unpaired) electrons. The van der Waals surface area contributed by atoms with Crippen LogP contribution in [0.5, 0.6) is 0 Å². The summed E-state index contributed by atoms with van der Waals surface area (Å²) in [6.07, 6.45) is 3.21. The largest absolute Gasteiger partial charge is 0.391 e. The summed E-state index contributed by atoms with van der Waals surface area (Å²) in [5.41, 5.74) is 0.495. The number of rotatable bonds is 2. The van der Waals surface area contributed by atoms with Gasteiger partial charge in [-0.05, 0) is 31.0 Å². The van der Waals surface area contributed by atoms with Crippen LogP contribution in [0.15, 0.2) is 18.2 Å². The van der Waals surface area contributed by atoms with E-state index >= 15 is 0 Å². The molecule has 104 valence electrons. The predicted molar refractivity (Wildman–Crippen MR) is 76.8 cm³/mol. The Morgan fingerprint density at radius 2 is 1.95 bits per heavy atom. The third-order valence-electron chi connectivity index (χ3n) is 3.68. The molecule has 5 heteroatoms. The van der Waals surface area contributed by atoms with E-state index in [0.717, 1.165) is 25.7 Å². The summed E-state index contributed by atoms with van der Waals surface area (Å²) in [4.78, 5) is 14.0. The molecule has 0 aliphatic heterocycles. The van der Waals surface area contributed by atoms with Crippen molar-refractivity contribution >= 4 is 29.1 Å². The highest BCUT2D eigenvalue weighted by Crippen LogP contribution is 2.26. The highest BCUT2D eigenvalue weighted by molar-refractivity contribution is 6.42. The van der Waals surface area contributed by atoms with Crippen molar-refractivity contribution in [3.05, 3.63) is 33.8 Å². The summed E-state index contributed by atoms with van der Waals surface area (Å²) in [6, 6.07) is 4.72. The minimum atomic E-state index is -0.439. The van der Waals surface area contributed by atoms with E-state index in [4.69, 9.17) is 23.2 Å². The van der Waals surface area contributed by atoms with Gasteiger partial charge in [0.2, 0.25) is 0 Å². The van der Waals surface area contributed by atoms with E-state index in [1.54, 1.807) is 30.1 Å². The Balaban J connectivity index is 2.15. The minimum absolute atomic E-state index is 0.115. The van der Waals surface area contributed by atoms with Crippen molar-refractivity contribution in [1.82, 2.24) is 4.90 Å². The number of hydrogen-bond acceptors (Lipinski definition) is 2. The van der Waals surface area contributed by atoms with Crippen LogP contribution >= 0.6 is 23.2 Å². The first kappa shape index (κ1) is 14.6. The zero-order valence-corrected chi connectivity index (χ0v) is 12.3. The third-order valence-corrected chi connectivity index (χ3v) is 4.42. The van der Waals surface area contributed by atoms with Crippen LogP contribution in [0.25, 0.3) is 0 Å². The molecule has 0 aromatic heterocycles. The number of benzene rings is 1. The highest BCUT2D eigenvalue weighted by atomic mass is 35.5. The van der Waals surface area contributed by atoms with Crippen LogP contribution in [0.1, 0.15) is 36.0 Å². The molecule has 1 saturated carbocycles. The summed E-state index contributed by atoms with van der Waals surface area (Å²) in [7, 11) is 1.73. The molecule has 2 atom stereocenters. The molecular formula is C14H17Cl2NO2. The molecule has 0 saturated heterocycles. The van der Waals surface area contributed by atoms with Crippen molar-refractivity contribution in [2.75, 3.05) is 7.05 Å². The number of carbonyl (C=O) groups is 1. The highest BCUT2D eigenvalue weighted by Gasteiger charge is 2.29. The maximum absolute atomic E-state index is 12.4. The second-order valence-corrected chi connectivity index (χ2v) is 5.78. The average Bonchev–Trinajstić information content (AvgIpc) is 2.41. The fourth-order valence-corrected chi connectivity index (χ4v) is 2.82. The van der Waals surface area contributed by atoms with E-state index in [1.807, 2.05) is 0 Å². The molecule has 1 N–H and O–H groups in total. The van der Waals surface area contributed by atoms with Crippen molar-refractivity contribution in [3.8, 4) is 0 Å². The van der Waals surface area contributed by atoms with Gasteiger partial charge in [-0.15, -0.1) is 0 Å². The molecule has 1 fully saturated rings. The lowest BCUT2D eigenvalue weighted by atomic mass is 9.91. The van der Waals surface area contributed by atoms with Gasteiger partial charge in [0.15, 0.2) is 0 Å². The molecule has 1 aliphatic carbocycles. The fraction of sp³-hybridized carbons (Fsp3) is 0.500. The number of aliphatic hydroxyl groups excluding tert-OH is 1. The molecule has 0 heterocycles. The molecule has 0 bridgehead atoms. The van der Waals surface area contributed by atoms with Crippen LogP contribution in [0.3, 0.4) is 0 Å². The quantitative estimate of drug-likeness (QED) is 0.910. The Kier molecular flexibility index (Phi) is 4.71. The zero-order chi connectivity index (χ0) is 14.0. The first-order valence-corrected chi connectivity index (χ1v) is 7.16. The molecule has 1 aromatic carbocycles. The molecule has 2 unspecified atom stereocenters. The molecule has 2 rings (SSSR count). The summed E-state index contributed by atoms with van der Waals surface area (Å²) in [5.74, 6) is -0.135. The van der Waals surface area contributed by atoms with Crippen molar-refractivity contribution in [1.29, 1.82) is 0 Å². The smallest absolute Gasteiger partial charge is 0.253 e. The van der Waals surface area contributed by atoms with E-state index in [2.05, 4.69) is 0 Å². The van der Waals surface area contributed by atoms with Crippen molar-refractivity contribution < 1.29 is 9.90 Å². The monoisotopic (exact) mass is 301 g/mol. The maximum Gasteiger partial charge on any atom is 0.253 e. The van der Waals surface area contributed by atoms with Gasteiger partial charge in [-0.2, -0.15) is 0 Å². The van der Waals surface area contributed by atoms with Gasteiger partial charge >= 0.3 is 0 Å². The van der Waals surface area contributed by atoms with Gasteiger partial charge < -0.3 is 10.0 Å².